The van der Waals surface area contributed by atoms with E-state index in [2.05, 4.69) is 4.72 Å². The predicted octanol–water partition coefficient (Wildman–Crippen LogP) is 4.33. The molecule has 1 N–H and O–H groups in total. The Morgan fingerprint density at radius 1 is 1.12 bits per heavy atom. The topological polar surface area (TPSA) is 55.4 Å². The zero-order valence-electron chi connectivity index (χ0n) is 15.0. The van der Waals surface area contributed by atoms with Crippen LogP contribution in [0.4, 0.5) is 4.39 Å². The summed E-state index contributed by atoms with van der Waals surface area (Å²) in [6.45, 7) is 4.09. The summed E-state index contributed by atoms with van der Waals surface area (Å²) in [5.41, 5.74) is 0.583. The van der Waals surface area contributed by atoms with E-state index in [-0.39, 0.29) is 11.3 Å². The number of nitrogens with one attached hydrogen (secondary N) is 1. The molecule has 3 rings (SSSR count). The standard InChI is InChI=1S/C20H24FNO3S/c1-3-20(4-2)13-18(16-10-6-8-12-19(16)25-20)22-26(23,24)14-15-9-5-7-11-17(15)21/h5-12,18,22H,3-4,13-14H2,1-2H3/t18-/m1/s1. The number of para-hydroxylation sites is 1. The fourth-order valence-electron chi connectivity index (χ4n) is 3.48. The highest BCUT2D eigenvalue weighted by Gasteiger charge is 2.39. The maximum absolute atomic E-state index is 13.9. The second kappa shape index (κ2) is 7.37. The number of ether oxygens (including phenoxy) is 1. The van der Waals surface area contributed by atoms with Crippen LogP contribution in [0.25, 0.3) is 0 Å². The van der Waals surface area contributed by atoms with Gasteiger partial charge in [-0.3, -0.25) is 0 Å². The van der Waals surface area contributed by atoms with Crippen LogP contribution < -0.4 is 9.46 Å². The Labute approximate surface area is 154 Å². The molecule has 0 bridgehead atoms. The summed E-state index contributed by atoms with van der Waals surface area (Å²) in [5.74, 6) is -0.187. The zero-order chi connectivity index (χ0) is 18.8. The van der Waals surface area contributed by atoms with E-state index in [9.17, 15) is 12.8 Å². The molecule has 0 saturated heterocycles. The van der Waals surface area contributed by atoms with Crippen molar-refractivity contribution in [1.82, 2.24) is 4.72 Å². The summed E-state index contributed by atoms with van der Waals surface area (Å²) in [6, 6.07) is 13.0. The summed E-state index contributed by atoms with van der Waals surface area (Å²) < 4.78 is 48.2. The fraction of sp³-hybridized carbons (Fsp3) is 0.400. The van der Waals surface area contributed by atoms with Crippen molar-refractivity contribution in [2.45, 2.75) is 50.5 Å². The molecule has 1 aliphatic heterocycles. The van der Waals surface area contributed by atoms with Crippen LogP contribution in [-0.2, 0) is 15.8 Å². The van der Waals surface area contributed by atoms with Gasteiger partial charge in [0.15, 0.2) is 0 Å². The molecule has 0 radical (unpaired) electrons. The van der Waals surface area contributed by atoms with Gasteiger partial charge in [-0.2, -0.15) is 0 Å². The smallest absolute Gasteiger partial charge is 0.216 e. The molecule has 2 aromatic carbocycles. The van der Waals surface area contributed by atoms with Crippen molar-refractivity contribution in [1.29, 1.82) is 0 Å². The second-order valence-corrected chi connectivity index (χ2v) is 8.51. The van der Waals surface area contributed by atoms with E-state index >= 15 is 0 Å². The van der Waals surface area contributed by atoms with Crippen molar-refractivity contribution in [2.24, 2.45) is 0 Å². The third-order valence-corrected chi connectivity index (χ3v) is 6.45. The molecular weight excluding hydrogens is 353 g/mol. The zero-order valence-corrected chi connectivity index (χ0v) is 15.9. The third-order valence-electron chi connectivity index (χ3n) is 5.11. The van der Waals surface area contributed by atoms with Gasteiger partial charge >= 0.3 is 0 Å². The first-order valence-electron chi connectivity index (χ1n) is 8.89. The molecule has 4 nitrogen and oxygen atoms in total. The largest absolute Gasteiger partial charge is 0.487 e. The summed E-state index contributed by atoms with van der Waals surface area (Å²) >= 11 is 0. The minimum absolute atomic E-state index is 0.164. The number of hydrogen-bond donors (Lipinski definition) is 1. The normalized spacial score (nSPS) is 18.8. The summed E-state index contributed by atoms with van der Waals surface area (Å²) in [7, 11) is -3.71. The van der Waals surface area contributed by atoms with Crippen molar-refractivity contribution in [3.63, 3.8) is 0 Å². The Hall–Kier alpha value is -1.92. The van der Waals surface area contributed by atoms with Crippen molar-refractivity contribution >= 4 is 10.0 Å². The van der Waals surface area contributed by atoms with Gasteiger partial charge in [-0.25, -0.2) is 17.5 Å². The molecule has 2 aromatic rings. The first-order chi connectivity index (χ1) is 12.4. The Morgan fingerprint density at radius 3 is 2.46 bits per heavy atom. The number of halogens is 1. The first kappa shape index (κ1) is 18.9. The Balaban J connectivity index is 1.89. The van der Waals surface area contributed by atoms with Gasteiger partial charge in [-0.15, -0.1) is 0 Å². The molecule has 0 fully saturated rings. The highest BCUT2D eigenvalue weighted by Crippen LogP contribution is 2.42. The number of benzene rings is 2. The van der Waals surface area contributed by atoms with E-state index in [0.29, 0.717) is 12.2 Å². The summed E-state index contributed by atoms with van der Waals surface area (Å²) in [5, 5.41) is 0. The van der Waals surface area contributed by atoms with Crippen LogP contribution >= 0.6 is 0 Å². The number of hydrogen-bond acceptors (Lipinski definition) is 3. The molecular formula is C20H24FNO3S. The molecule has 6 heteroatoms. The average molecular weight is 377 g/mol. The van der Waals surface area contributed by atoms with Crippen LogP contribution in [-0.4, -0.2) is 14.0 Å². The molecule has 1 aliphatic rings. The molecule has 0 saturated carbocycles. The predicted molar refractivity (Wildman–Crippen MR) is 99.9 cm³/mol. The lowest BCUT2D eigenvalue weighted by Gasteiger charge is -2.41. The molecule has 0 aliphatic carbocycles. The molecule has 1 heterocycles. The lowest BCUT2D eigenvalue weighted by Crippen LogP contribution is -2.44. The van der Waals surface area contributed by atoms with Crippen LogP contribution in [0.3, 0.4) is 0 Å². The lowest BCUT2D eigenvalue weighted by atomic mass is 9.84. The van der Waals surface area contributed by atoms with Gasteiger partial charge in [0.1, 0.15) is 17.2 Å². The fourth-order valence-corrected chi connectivity index (χ4v) is 4.86. The molecule has 0 unspecified atom stereocenters. The molecule has 1 atom stereocenters. The highest BCUT2D eigenvalue weighted by molar-refractivity contribution is 7.88. The Kier molecular flexibility index (Phi) is 5.34. The lowest BCUT2D eigenvalue weighted by molar-refractivity contribution is 0.0260. The molecule has 26 heavy (non-hydrogen) atoms. The van der Waals surface area contributed by atoms with E-state index in [1.807, 2.05) is 38.1 Å². The first-order valence-corrected chi connectivity index (χ1v) is 10.5. The van der Waals surface area contributed by atoms with E-state index in [4.69, 9.17) is 4.74 Å². The Morgan fingerprint density at radius 2 is 1.77 bits per heavy atom. The van der Waals surface area contributed by atoms with Gasteiger partial charge < -0.3 is 4.74 Å². The monoisotopic (exact) mass is 377 g/mol. The number of rotatable bonds is 6. The van der Waals surface area contributed by atoms with Crippen LogP contribution in [0, 0.1) is 5.82 Å². The van der Waals surface area contributed by atoms with Crippen molar-refractivity contribution in [2.75, 3.05) is 0 Å². The minimum Gasteiger partial charge on any atom is -0.487 e. The minimum atomic E-state index is -3.71. The average Bonchev–Trinajstić information content (AvgIpc) is 2.63. The van der Waals surface area contributed by atoms with E-state index < -0.39 is 27.5 Å². The Bertz CT molecular complexity index is 878. The third kappa shape index (κ3) is 3.91. The van der Waals surface area contributed by atoms with Gasteiger partial charge in [-0.1, -0.05) is 50.2 Å². The van der Waals surface area contributed by atoms with Crippen molar-refractivity contribution in [3.05, 3.63) is 65.5 Å². The van der Waals surface area contributed by atoms with Gasteiger partial charge in [0.2, 0.25) is 10.0 Å². The van der Waals surface area contributed by atoms with Gasteiger partial charge in [0.25, 0.3) is 0 Å². The molecule has 0 spiro atoms. The number of fused-ring (bicyclic) bond motifs is 1. The van der Waals surface area contributed by atoms with Crippen LogP contribution in [0.15, 0.2) is 48.5 Å². The highest BCUT2D eigenvalue weighted by atomic mass is 32.2. The molecule has 140 valence electrons. The van der Waals surface area contributed by atoms with Gasteiger partial charge in [-0.05, 0) is 25.0 Å². The second-order valence-electron chi connectivity index (χ2n) is 6.76. The van der Waals surface area contributed by atoms with Gasteiger partial charge in [0, 0.05) is 17.5 Å². The van der Waals surface area contributed by atoms with Gasteiger partial charge in [0.05, 0.1) is 11.8 Å². The maximum Gasteiger partial charge on any atom is 0.216 e. The van der Waals surface area contributed by atoms with E-state index in [0.717, 1.165) is 18.4 Å². The SMILES string of the molecule is CCC1(CC)C[C@@H](NS(=O)(=O)Cc2ccccc2F)c2ccccc2O1. The van der Waals surface area contributed by atoms with Crippen LogP contribution in [0.1, 0.15) is 50.3 Å². The van der Waals surface area contributed by atoms with E-state index in [1.54, 1.807) is 12.1 Å². The summed E-state index contributed by atoms with van der Waals surface area (Å²) in [4.78, 5) is 0. The number of sulfonamides is 1. The van der Waals surface area contributed by atoms with Crippen molar-refractivity contribution < 1.29 is 17.5 Å². The van der Waals surface area contributed by atoms with E-state index in [1.165, 1.54) is 12.1 Å². The van der Waals surface area contributed by atoms with Crippen molar-refractivity contribution in [3.8, 4) is 5.75 Å². The summed E-state index contributed by atoms with van der Waals surface area (Å²) in [6.07, 6.45) is 2.11. The maximum atomic E-state index is 13.9. The molecule has 0 amide bonds. The molecule has 0 aromatic heterocycles. The van der Waals surface area contributed by atoms with Crippen LogP contribution in [0.5, 0.6) is 5.75 Å². The van der Waals surface area contributed by atoms with Crippen LogP contribution in [0.2, 0.25) is 0 Å². The quantitative estimate of drug-likeness (QED) is 0.815.